The Kier molecular flexibility index (Phi) is 7.19. The lowest BCUT2D eigenvalue weighted by Gasteiger charge is -2.23. The van der Waals surface area contributed by atoms with Crippen LogP contribution < -0.4 is 5.73 Å². The highest BCUT2D eigenvalue weighted by Gasteiger charge is 2.21. The summed E-state index contributed by atoms with van der Waals surface area (Å²) in [5, 5.41) is 8.92. The molecule has 0 aromatic heterocycles. The van der Waals surface area contributed by atoms with E-state index in [1.54, 1.807) is 7.11 Å². The Balaban J connectivity index is 2.39. The summed E-state index contributed by atoms with van der Waals surface area (Å²) in [5.41, 5.74) is 5.52. The van der Waals surface area contributed by atoms with Crippen LogP contribution in [-0.2, 0) is 9.53 Å². The number of hydrogen-bond donors (Lipinski definition) is 2. The van der Waals surface area contributed by atoms with Gasteiger partial charge in [0.15, 0.2) is 0 Å². The van der Waals surface area contributed by atoms with Crippen LogP contribution in [0, 0.1) is 0 Å². The van der Waals surface area contributed by atoms with Gasteiger partial charge >= 0.3 is 0 Å². The van der Waals surface area contributed by atoms with Crippen molar-refractivity contribution in [3.8, 4) is 0 Å². The first-order valence-corrected chi connectivity index (χ1v) is 6.55. The van der Waals surface area contributed by atoms with E-state index in [1.165, 1.54) is 0 Å². The van der Waals surface area contributed by atoms with Gasteiger partial charge < -0.3 is 20.5 Å². The van der Waals surface area contributed by atoms with Gasteiger partial charge in [-0.15, -0.1) is 0 Å². The zero-order chi connectivity index (χ0) is 13.4. The number of nitrogens with zero attached hydrogens (tertiary/aromatic N) is 2. The van der Waals surface area contributed by atoms with E-state index in [-0.39, 0.29) is 18.6 Å². The van der Waals surface area contributed by atoms with Crippen LogP contribution in [0.1, 0.15) is 12.8 Å². The summed E-state index contributed by atoms with van der Waals surface area (Å²) >= 11 is 0. The van der Waals surface area contributed by atoms with E-state index in [0.717, 1.165) is 32.6 Å². The molecule has 1 rings (SSSR count). The second-order valence-electron chi connectivity index (χ2n) is 4.60. The molecule has 106 valence electrons. The average Bonchev–Trinajstić information content (AvgIpc) is 2.62. The lowest BCUT2D eigenvalue weighted by molar-refractivity contribution is -0.133. The van der Waals surface area contributed by atoms with E-state index in [0.29, 0.717) is 19.5 Å². The minimum atomic E-state index is -0.186. The maximum Gasteiger partial charge on any atom is 0.225 e. The van der Waals surface area contributed by atoms with Gasteiger partial charge in [-0.05, 0) is 13.0 Å². The third kappa shape index (κ3) is 4.89. The molecule has 0 radical (unpaired) electrons. The average molecular weight is 259 g/mol. The Morgan fingerprint density at radius 2 is 2.17 bits per heavy atom. The molecule has 3 N–H and O–H groups in total. The maximum absolute atomic E-state index is 12.1. The molecule has 0 saturated carbocycles. The Bertz CT molecular complexity index is 247. The van der Waals surface area contributed by atoms with Crippen molar-refractivity contribution >= 4 is 5.91 Å². The summed E-state index contributed by atoms with van der Waals surface area (Å²) in [6, 6.07) is 0. The third-order valence-corrected chi connectivity index (χ3v) is 3.36. The summed E-state index contributed by atoms with van der Waals surface area (Å²) in [7, 11) is 1.58. The fraction of sp³-hybridized carbons (Fsp3) is 0.917. The molecule has 0 aromatic rings. The molecular formula is C12H25N3O3. The number of carbonyl (C=O) groups excluding carboxylic acids is 1. The highest BCUT2D eigenvalue weighted by Crippen LogP contribution is 2.07. The van der Waals surface area contributed by atoms with E-state index in [2.05, 4.69) is 4.90 Å². The summed E-state index contributed by atoms with van der Waals surface area (Å²) in [6.07, 6.45) is 1.12. The number of ether oxygens (including phenoxy) is 1. The summed E-state index contributed by atoms with van der Waals surface area (Å²) < 4.78 is 5.14. The van der Waals surface area contributed by atoms with Crippen LogP contribution in [0.2, 0.25) is 0 Å². The van der Waals surface area contributed by atoms with Crippen LogP contribution in [0.3, 0.4) is 0 Å². The number of aliphatic hydroxyl groups excluding tert-OH is 1. The molecule has 1 amide bonds. The van der Waals surface area contributed by atoms with Crippen LogP contribution in [-0.4, -0.2) is 79.9 Å². The van der Waals surface area contributed by atoms with Gasteiger partial charge in [0.1, 0.15) is 0 Å². The van der Waals surface area contributed by atoms with Gasteiger partial charge in [0.2, 0.25) is 5.91 Å². The number of carbonyl (C=O) groups is 1. The predicted molar refractivity (Wildman–Crippen MR) is 69.2 cm³/mol. The minimum absolute atomic E-state index is 0.109. The molecular weight excluding hydrogens is 234 g/mol. The minimum Gasteiger partial charge on any atom is -0.395 e. The molecule has 1 fully saturated rings. The smallest absolute Gasteiger partial charge is 0.225 e. The van der Waals surface area contributed by atoms with Gasteiger partial charge in [-0.1, -0.05) is 0 Å². The predicted octanol–water partition coefficient (Wildman–Crippen LogP) is -1.12. The molecule has 0 aromatic carbocycles. The standard InChI is InChI=1S/C12H25N3O3/c1-18-11(10-13)9-12(17)15-4-2-3-14(5-6-15)7-8-16/h11,16H,2-10,13H2,1H3. The summed E-state index contributed by atoms with van der Waals surface area (Å²) in [4.78, 5) is 16.1. The first-order chi connectivity index (χ1) is 8.71. The van der Waals surface area contributed by atoms with Crippen molar-refractivity contribution in [3.05, 3.63) is 0 Å². The zero-order valence-electron chi connectivity index (χ0n) is 11.2. The van der Waals surface area contributed by atoms with E-state index >= 15 is 0 Å². The number of amides is 1. The first-order valence-electron chi connectivity index (χ1n) is 6.55. The van der Waals surface area contributed by atoms with E-state index in [9.17, 15) is 4.79 Å². The molecule has 6 heteroatoms. The second-order valence-corrected chi connectivity index (χ2v) is 4.60. The van der Waals surface area contributed by atoms with Crippen molar-refractivity contribution in [3.63, 3.8) is 0 Å². The van der Waals surface area contributed by atoms with Crippen molar-refractivity contribution in [1.29, 1.82) is 0 Å². The normalized spacial score (nSPS) is 19.6. The van der Waals surface area contributed by atoms with Gasteiger partial charge in [-0.2, -0.15) is 0 Å². The number of β-amino-alcohol motifs (C(OH)–C–C–N with tert-alkyl or cyclic N) is 1. The van der Waals surface area contributed by atoms with Gasteiger partial charge in [-0.25, -0.2) is 0 Å². The SMILES string of the molecule is COC(CN)CC(=O)N1CCCN(CCO)CC1. The van der Waals surface area contributed by atoms with Gasteiger partial charge in [0, 0.05) is 39.8 Å². The number of methoxy groups -OCH3 is 1. The largest absolute Gasteiger partial charge is 0.395 e. The first kappa shape index (κ1) is 15.4. The second kappa shape index (κ2) is 8.42. The molecule has 1 heterocycles. The van der Waals surface area contributed by atoms with Crippen molar-refractivity contribution in [2.75, 3.05) is 53.0 Å². The van der Waals surface area contributed by atoms with E-state index in [4.69, 9.17) is 15.6 Å². The lowest BCUT2D eigenvalue weighted by atomic mass is 10.2. The topological polar surface area (TPSA) is 79.0 Å². The van der Waals surface area contributed by atoms with Crippen LogP contribution in [0.5, 0.6) is 0 Å². The molecule has 0 bridgehead atoms. The summed E-state index contributed by atoms with van der Waals surface area (Å²) in [5.74, 6) is 0.109. The summed E-state index contributed by atoms with van der Waals surface area (Å²) in [6.45, 7) is 4.49. The van der Waals surface area contributed by atoms with Crippen molar-refractivity contribution < 1.29 is 14.6 Å². The van der Waals surface area contributed by atoms with Crippen LogP contribution in [0.25, 0.3) is 0 Å². The van der Waals surface area contributed by atoms with Crippen LogP contribution >= 0.6 is 0 Å². The van der Waals surface area contributed by atoms with Crippen molar-refractivity contribution in [2.24, 2.45) is 5.73 Å². The zero-order valence-corrected chi connectivity index (χ0v) is 11.2. The number of nitrogens with two attached hydrogens (primary N) is 1. The van der Waals surface area contributed by atoms with Crippen LogP contribution in [0.15, 0.2) is 0 Å². The highest BCUT2D eigenvalue weighted by molar-refractivity contribution is 5.76. The molecule has 0 aliphatic carbocycles. The van der Waals surface area contributed by atoms with Crippen molar-refractivity contribution in [1.82, 2.24) is 9.80 Å². The Hall–Kier alpha value is -0.690. The molecule has 1 unspecified atom stereocenters. The van der Waals surface area contributed by atoms with Gasteiger partial charge in [0.25, 0.3) is 0 Å². The Labute approximate surface area is 109 Å². The number of aliphatic hydroxyl groups is 1. The van der Waals surface area contributed by atoms with Crippen molar-refractivity contribution in [2.45, 2.75) is 18.9 Å². The molecule has 1 saturated heterocycles. The molecule has 18 heavy (non-hydrogen) atoms. The van der Waals surface area contributed by atoms with Crippen LogP contribution in [0.4, 0.5) is 0 Å². The molecule has 1 aliphatic rings. The van der Waals surface area contributed by atoms with E-state index in [1.807, 2.05) is 4.90 Å². The molecule has 6 nitrogen and oxygen atoms in total. The Morgan fingerprint density at radius 1 is 1.39 bits per heavy atom. The molecule has 0 spiro atoms. The highest BCUT2D eigenvalue weighted by atomic mass is 16.5. The monoisotopic (exact) mass is 259 g/mol. The quantitative estimate of drug-likeness (QED) is 0.631. The third-order valence-electron chi connectivity index (χ3n) is 3.36. The van der Waals surface area contributed by atoms with Gasteiger partial charge in [-0.3, -0.25) is 9.69 Å². The molecule has 1 aliphatic heterocycles. The fourth-order valence-electron chi connectivity index (χ4n) is 2.17. The Morgan fingerprint density at radius 3 is 2.78 bits per heavy atom. The lowest BCUT2D eigenvalue weighted by Crippen LogP contribution is -2.38. The van der Waals surface area contributed by atoms with E-state index < -0.39 is 0 Å². The molecule has 1 atom stereocenters. The maximum atomic E-state index is 12.1. The number of hydrogen-bond acceptors (Lipinski definition) is 5. The van der Waals surface area contributed by atoms with Gasteiger partial charge in [0.05, 0.1) is 19.1 Å². The number of rotatable bonds is 6. The fourth-order valence-corrected chi connectivity index (χ4v) is 2.17.